The SMILES string of the molecule is OCCCn1nc(-c2ccc(F)cc2)nc1CC1C=CCC1. The Morgan fingerprint density at radius 3 is 2.77 bits per heavy atom. The molecule has 1 heterocycles. The zero-order valence-electron chi connectivity index (χ0n) is 12.5. The number of aromatic nitrogens is 3. The highest BCUT2D eigenvalue weighted by molar-refractivity contribution is 5.54. The average Bonchev–Trinajstić information content (AvgIpc) is 3.16. The van der Waals surface area contributed by atoms with E-state index in [4.69, 9.17) is 5.11 Å². The smallest absolute Gasteiger partial charge is 0.181 e. The van der Waals surface area contributed by atoms with Crippen molar-refractivity contribution < 1.29 is 9.50 Å². The van der Waals surface area contributed by atoms with Crippen molar-refractivity contribution in [2.24, 2.45) is 5.92 Å². The first-order chi connectivity index (χ1) is 10.8. The van der Waals surface area contributed by atoms with Gasteiger partial charge in [0.25, 0.3) is 0 Å². The summed E-state index contributed by atoms with van der Waals surface area (Å²) in [6.07, 6.45) is 8.23. The van der Waals surface area contributed by atoms with E-state index in [2.05, 4.69) is 22.2 Å². The van der Waals surface area contributed by atoms with Crippen molar-refractivity contribution in [1.29, 1.82) is 0 Å². The minimum atomic E-state index is -0.264. The predicted octanol–water partition coefficient (Wildman–Crippen LogP) is 2.98. The van der Waals surface area contributed by atoms with Crippen molar-refractivity contribution in [1.82, 2.24) is 14.8 Å². The second-order valence-corrected chi connectivity index (χ2v) is 5.63. The fourth-order valence-electron chi connectivity index (χ4n) is 2.75. The molecule has 0 saturated carbocycles. The van der Waals surface area contributed by atoms with Crippen LogP contribution in [0.25, 0.3) is 11.4 Å². The molecule has 0 amide bonds. The van der Waals surface area contributed by atoms with Gasteiger partial charge in [-0.3, -0.25) is 0 Å². The van der Waals surface area contributed by atoms with Crippen LogP contribution < -0.4 is 0 Å². The van der Waals surface area contributed by atoms with Crippen molar-refractivity contribution in [2.45, 2.75) is 32.2 Å². The second-order valence-electron chi connectivity index (χ2n) is 5.63. The molecule has 1 aromatic heterocycles. The summed E-state index contributed by atoms with van der Waals surface area (Å²) in [5, 5.41) is 13.6. The standard InChI is InChI=1S/C17H20FN3O/c18-15-8-6-14(7-9-15)17-19-16(12-13-4-1-2-5-13)21(20-17)10-3-11-22/h1,4,6-9,13,22H,2-3,5,10-12H2. The van der Waals surface area contributed by atoms with Gasteiger partial charge in [-0.25, -0.2) is 14.1 Å². The first kappa shape index (κ1) is 14.9. The minimum absolute atomic E-state index is 0.133. The van der Waals surface area contributed by atoms with Crippen LogP contribution in [0.1, 0.15) is 25.1 Å². The normalized spacial score (nSPS) is 17.3. The quantitative estimate of drug-likeness (QED) is 0.835. The molecule has 0 bridgehead atoms. The van der Waals surface area contributed by atoms with E-state index in [9.17, 15) is 4.39 Å². The fraction of sp³-hybridized carbons (Fsp3) is 0.412. The summed E-state index contributed by atoms with van der Waals surface area (Å²) in [6, 6.07) is 6.23. The molecule has 1 N–H and O–H groups in total. The Balaban J connectivity index is 1.85. The highest BCUT2D eigenvalue weighted by Crippen LogP contribution is 2.23. The molecule has 0 spiro atoms. The highest BCUT2D eigenvalue weighted by atomic mass is 19.1. The zero-order valence-corrected chi connectivity index (χ0v) is 12.5. The summed E-state index contributed by atoms with van der Waals surface area (Å²) in [5.41, 5.74) is 0.812. The van der Waals surface area contributed by atoms with Gasteiger partial charge in [-0.2, -0.15) is 5.10 Å². The van der Waals surface area contributed by atoms with Gasteiger partial charge in [-0.15, -0.1) is 0 Å². The van der Waals surface area contributed by atoms with Gasteiger partial charge < -0.3 is 5.11 Å². The van der Waals surface area contributed by atoms with Crippen LogP contribution in [0.4, 0.5) is 4.39 Å². The highest BCUT2D eigenvalue weighted by Gasteiger charge is 2.17. The van der Waals surface area contributed by atoms with E-state index in [1.807, 2.05) is 4.68 Å². The average molecular weight is 301 g/mol. The van der Waals surface area contributed by atoms with Crippen molar-refractivity contribution >= 4 is 0 Å². The number of rotatable bonds is 6. The van der Waals surface area contributed by atoms with Crippen LogP contribution in [-0.2, 0) is 13.0 Å². The number of hydrogen-bond acceptors (Lipinski definition) is 3. The molecule has 4 nitrogen and oxygen atoms in total. The summed E-state index contributed by atoms with van der Waals surface area (Å²) in [7, 11) is 0. The first-order valence-corrected chi connectivity index (χ1v) is 7.73. The van der Waals surface area contributed by atoms with E-state index < -0.39 is 0 Å². The van der Waals surface area contributed by atoms with Crippen LogP contribution in [0.2, 0.25) is 0 Å². The Morgan fingerprint density at radius 2 is 2.09 bits per heavy atom. The van der Waals surface area contributed by atoms with Crippen LogP contribution in [0.3, 0.4) is 0 Å². The van der Waals surface area contributed by atoms with Gasteiger partial charge in [0.15, 0.2) is 5.82 Å². The molecule has 0 fully saturated rings. The maximum atomic E-state index is 13.0. The Kier molecular flexibility index (Phi) is 4.63. The van der Waals surface area contributed by atoms with Crippen LogP contribution in [0.15, 0.2) is 36.4 Å². The van der Waals surface area contributed by atoms with Gasteiger partial charge in [0, 0.05) is 25.1 Å². The Morgan fingerprint density at radius 1 is 1.27 bits per heavy atom. The van der Waals surface area contributed by atoms with Gasteiger partial charge >= 0.3 is 0 Å². The molecular formula is C17H20FN3O. The van der Waals surface area contributed by atoms with E-state index in [1.54, 1.807) is 12.1 Å². The number of aliphatic hydroxyl groups excluding tert-OH is 1. The summed E-state index contributed by atoms with van der Waals surface area (Å²) in [6.45, 7) is 0.783. The molecule has 1 unspecified atom stereocenters. The third kappa shape index (κ3) is 3.42. The molecule has 0 radical (unpaired) electrons. The van der Waals surface area contributed by atoms with Crippen molar-refractivity contribution in [3.8, 4) is 11.4 Å². The lowest BCUT2D eigenvalue weighted by Gasteiger charge is -2.08. The first-order valence-electron chi connectivity index (χ1n) is 7.73. The lowest BCUT2D eigenvalue weighted by Crippen LogP contribution is -2.10. The van der Waals surface area contributed by atoms with Crippen LogP contribution in [0, 0.1) is 11.7 Å². The molecule has 1 aliphatic rings. The molecule has 1 aromatic carbocycles. The number of hydrogen-bond donors (Lipinski definition) is 1. The number of nitrogens with zero attached hydrogens (tertiary/aromatic N) is 3. The van der Waals surface area contributed by atoms with Gasteiger partial charge in [0.2, 0.25) is 0 Å². The van der Waals surface area contributed by atoms with Gasteiger partial charge in [-0.05, 0) is 49.4 Å². The number of allylic oxidation sites excluding steroid dienone is 2. The van der Waals surface area contributed by atoms with Crippen molar-refractivity contribution in [3.63, 3.8) is 0 Å². The number of aryl methyl sites for hydroxylation is 1. The van der Waals surface area contributed by atoms with Crippen molar-refractivity contribution in [2.75, 3.05) is 6.61 Å². The monoisotopic (exact) mass is 301 g/mol. The van der Waals surface area contributed by atoms with E-state index in [1.165, 1.54) is 12.1 Å². The Labute approximate surface area is 129 Å². The lowest BCUT2D eigenvalue weighted by atomic mass is 10.1. The van der Waals surface area contributed by atoms with E-state index >= 15 is 0 Å². The zero-order chi connectivity index (χ0) is 15.4. The van der Waals surface area contributed by atoms with E-state index in [0.29, 0.717) is 24.7 Å². The fourth-order valence-corrected chi connectivity index (χ4v) is 2.75. The molecule has 5 heteroatoms. The minimum Gasteiger partial charge on any atom is -0.396 e. The van der Waals surface area contributed by atoms with Crippen molar-refractivity contribution in [3.05, 3.63) is 48.1 Å². The topological polar surface area (TPSA) is 50.9 Å². The Hall–Kier alpha value is -2.01. The molecule has 116 valence electrons. The maximum absolute atomic E-state index is 13.0. The third-order valence-corrected chi connectivity index (χ3v) is 3.94. The molecule has 22 heavy (non-hydrogen) atoms. The second kappa shape index (κ2) is 6.83. The van der Waals surface area contributed by atoms with Crippen LogP contribution >= 0.6 is 0 Å². The van der Waals surface area contributed by atoms with E-state index in [0.717, 1.165) is 30.7 Å². The Bertz CT molecular complexity index is 648. The number of benzene rings is 1. The van der Waals surface area contributed by atoms with E-state index in [-0.39, 0.29) is 12.4 Å². The molecule has 1 atom stereocenters. The van der Waals surface area contributed by atoms with Crippen LogP contribution in [-0.4, -0.2) is 26.5 Å². The predicted molar refractivity (Wildman–Crippen MR) is 82.7 cm³/mol. The van der Waals surface area contributed by atoms with Gasteiger partial charge in [0.1, 0.15) is 11.6 Å². The van der Waals surface area contributed by atoms with Crippen LogP contribution in [0.5, 0.6) is 0 Å². The maximum Gasteiger partial charge on any atom is 0.181 e. The lowest BCUT2D eigenvalue weighted by molar-refractivity contribution is 0.275. The molecule has 3 rings (SSSR count). The number of halogens is 1. The summed E-state index contributed by atoms with van der Waals surface area (Å²) in [5.74, 6) is 1.80. The molecule has 2 aromatic rings. The molecular weight excluding hydrogens is 281 g/mol. The number of aliphatic hydroxyl groups is 1. The van der Waals surface area contributed by atoms with Gasteiger partial charge in [-0.1, -0.05) is 12.2 Å². The summed E-state index contributed by atoms with van der Waals surface area (Å²) < 4.78 is 14.9. The van der Waals surface area contributed by atoms with Gasteiger partial charge in [0.05, 0.1) is 0 Å². The molecule has 0 aliphatic heterocycles. The summed E-state index contributed by atoms with van der Waals surface area (Å²) >= 11 is 0. The molecule has 1 aliphatic carbocycles. The summed E-state index contributed by atoms with van der Waals surface area (Å²) in [4.78, 5) is 4.64. The molecule has 0 saturated heterocycles. The largest absolute Gasteiger partial charge is 0.396 e. The third-order valence-electron chi connectivity index (χ3n) is 3.94.